The van der Waals surface area contributed by atoms with Gasteiger partial charge in [-0.2, -0.15) is 32.2 Å². The van der Waals surface area contributed by atoms with Gasteiger partial charge in [0.05, 0.1) is 21.3 Å². The largest absolute Gasteiger partial charge is 0.480 e. The third kappa shape index (κ3) is 20.8. The molecule has 0 aliphatic carbocycles. The van der Waals surface area contributed by atoms with Crippen molar-refractivity contribution in [3.63, 3.8) is 0 Å². The van der Waals surface area contributed by atoms with Crippen LogP contribution < -0.4 is 50.4 Å². The molecular formula is C86H73ClF2N30O4S. The standard InChI is InChI=1S/C17H13N5O.C17H13N5S.C16H16ClN5.2C12H10FN5O.C12H11N5O/c2*1-3-7-13(8-4-1)18-17-20-19-15-11-12-16(21-22(15)17)23-14-9-5-2-6-10-14;17-13-6-4-12(5-7-13)16-19-18-14-8-9-15(20-22(14)16)21-10-2-1-3-11-21;1-19-11-7-6-10-15-16-12(18(10)17-11)14-9-4-2-8(13)3-5-9;1-19-11-6-5-10-15-16-12(18(10)17-11)14-9-4-2-3-8(13)7-9;1-18-11-8-7-10-14-15-12(17(10)16-11)13-9-5-3-2-4-6-9/h2*1-12H,(H,18,20);4-9H,1-3,10-11H2;2*2-7H,1H3,(H,14,16);2-8H,1H3,(H,13,15). The Morgan fingerprint density at radius 1 is 0.315 bits per heavy atom. The molecule has 13 heterocycles. The Morgan fingerprint density at radius 2 is 0.694 bits per heavy atom. The molecule has 618 valence electrons. The van der Waals surface area contributed by atoms with Crippen LogP contribution >= 0.6 is 23.4 Å². The number of methoxy groups -OCH3 is 3. The summed E-state index contributed by atoms with van der Waals surface area (Å²) >= 11 is 7.56. The molecule has 1 aliphatic heterocycles. The van der Waals surface area contributed by atoms with Gasteiger partial charge in [-0.25, -0.2) is 8.78 Å². The molecule has 38 heteroatoms. The molecule has 5 N–H and O–H groups in total. The van der Waals surface area contributed by atoms with Crippen molar-refractivity contribution in [2.24, 2.45) is 0 Å². The van der Waals surface area contributed by atoms with Crippen LogP contribution in [0.3, 0.4) is 0 Å². The number of ether oxygens (including phenoxy) is 4. The van der Waals surface area contributed by atoms with Crippen molar-refractivity contribution in [3.8, 4) is 40.7 Å². The van der Waals surface area contributed by atoms with Crippen molar-refractivity contribution >= 4 is 121 Å². The summed E-state index contributed by atoms with van der Waals surface area (Å²) in [5.41, 5.74) is 8.94. The summed E-state index contributed by atoms with van der Waals surface area (Å²) in [6.45, 7) is 2.13. The molecule has 0 saturated carbocycles. The number of hydrogen-bond acceptors (Lipinski definition) is 29. The summed E-state index contributed by atoms with van der Waals surface area (Å²) in [5.74, 6) is 6.21. The van der Waals surface area contributed by atoms with E-state index in [1.165, 1.54) is 66.8 Å². The van der Waals surface area contributed by atoms with E-state index < -0.39 is 0 Å². The van der Waals surface area contributed by atoms with E-state index in [1.54, 1.807) is 99.1 Å². The van der Waals surface area contributed by atoms with E-state index in [1.807, 2.05) is 199 Å². The van der Waals surface area contributed by atoms with Crippen LogP contribution in [0.2, 0.25) is 5.02 Å². The van der Waals surface area contributed by atoms with Crippen LogP contribution in [-0.4, -0.2) is 153 Å². The first kappa shape index (κ1) is 81.3. The van der Waals surface area contributed by atoms with Gasteiger partial charge in [-0.05, 0) is 195 Å². The first-order chi connectivity index (χ1) is 61.0. The summed E-state index contributed by atoms with van der Waals surface area (Å²) in [4.78, 5) is 3.47. The molecule has 1 aliphatic rings. The number of aromatic nitrogens is 24. The fourth-order valence-corrected chi connectivity index (χ4v) is 13.0. The molecule has 34 nitrogen and oxygen atoms in total. The predicted molar refractivity (Wildman–Crippen MR) is 466 cm³/mol. The van der Waals surface area contributed by atoms with E-state index in [0.717, 1.165) is 68.7 Å². The zero-order valence-corrected chi connectivity index (χ0v) is 67.8. The minimum absolute atomic E-state index is 0.295. The molecule has 124 heavy (non-hydrogen) atoms. The first-order valence-electron chi connectivity index (χ1n) is 38.4. The van der Waals surface area contributed by atoms with Crippen LogP contribution in [0.25, 0.3) is 45.3 Å². The second-order valence-electron chi connectivity index (χ2n) is 26.5. The quantitative estimate of drug-likeness (QED) is 0.0502. The van der Waals surface area contributed by atoms with E-state index >= 15 is 0 Å². The number of hydrogen-bond donors (Lipinski definition) is 5. The van der Waals surface area contributed by atoms with Crippen LogP contribution in [-0.2, 0) is 0 Å². The van der Waals surface area contributed by atoms with Gasteiger partial charge in [0.25, 0.3) is 23.8 Å². The number of rotatable bonds is 19. The molecule has 21 rings (SSSR count). The highest BCUT2D eigenvalue weighted by Gasteiger charge is 2.19. The number of fused-ring (bicyclic) bond motifs is 6. The Morgan fingerprint density at radius 3 is 1.15 bits per heavy atom. The second-order valence-corrected chi connectivity index (χ2v) is 28.1. The van der Waals surface area contributed by atoms with Gasteiger partial charge in [-0.15, -0.1) is 86.7 Å². The van der Waals surface area contributed by atoms with Gasteiger partial charge in [-0.1, -0.05) is 120 Å². The molecule has 0 atom stereocenters. The fourth-order valence-electron chi connectivity index (χ4n) is 12.1. The molecule has 20 aromatic rings. The molecule has 8 aromatic carbocycles. The van der Waals surface area contributed by atoms with Crippen LogP contribution in [0.15, 0.2) is 307 Å². The highest BCUT2D eigenvalue weighted by atomic mass is 35.5. The van der Waals surface area contributed by atoms with Gasteiger partial charge in [0.15, 0.2) is 39.7 Å². The lowest BCUT2D eigenvalue weighted by Gasteiger charge is -2.27. The first-order valence-corrected chi connectivity index (χ1v) is 39.6. The Balaban J connectivity index is 0.000000110. The predicted octanol–water partition coefficient (Wildman–Crippen LogP) is 17.0. The SMILES string of the molecule is COc1ccc2nnc(Nc3ccc(F)cc3)n2n1.COc1ccc2nnc(Nc3cccc(F)c3)n2n1.COc1ccc2nnc(Nc3ccccc3)n2n1.Clc1ccc(-c2nnc3ccc(N4CCCCC4)nn23)cc1.c1ccc(Nc2nnc3ccc(Oc4ccccc4)nn23)cc1.c1ccc(Nc2nnc3ccc(Sc4ccccc4)nn23)cc1. The van der Waals surface area contributed by atoms with Crippen molar-refractivity contribution in [3.05, 3.63) is 314 Å². The topological polar surface area (TPSA) is 359 Å². The molecule has 0 amide bonds. The Hall–Kier alpha value is -16.4. The van der Waals surface area contributed by atoms with E-state index in [4.69, 9.17) is 35.6 Å². The van der Waals surface area contributed by atoms with Crippen LogP contribution in [0.1, 0.15) is 19.3 Å². The van der Waals surface area contributed by atoms with Gasteiger partial charge in [0.1, 0.15) is 28.2 Å². The Labute approximate surface area is 713 Å². The summed E-state index contributed by atoms with van der Waals surface area (Å²) in [6, 6.07) is 90.5. The lowest BCUT2D eigenvalue weighted by atomic mass is 10.1. The van der Waals surface area contributed by atoms with E-state index in [-0.39, 0.29) is 11.6 Å². The van der Waals surface area contributed by atoms with Crippen molar-refractivity contribution in [2.45, 2.75) is 29.2 Å². The van der Waals surface area contributed by atoms with Crippen LogP contribution in [0, 0.1) is 11.6 Å². The van der Waals surface area contributed by atoms with Crippen LogP contribution in [0.5, 0.6) is 29.3 Å². The van der Waals surface area contributed by atoms with Crippen molar-refractivity contribution in [1.82, 2.24) is 119 Å². The molecule has 1 fully saturated rings. The van der Waals surface area contributed by atoms with Crippen LogP contribution in [0.4, 0.5) is 72.8 Å². The van der Waals surface area contributed by atoms with Gasteiger partial charge >= 0.3 is 0 Å². The maximum atomic E-state index is 13.1. The number of benzene rings is 8. The number of para-hydroxylation sites is 4. The molecular weight excluding hydrogens is 1620 g/mol. The van der Waals surface area contributed by atoms with Crippen molar-refractivity contribution < 1.29 is 27.7 Å². The lowest BCUT2D eigenvalue weighted by Crippen LogP contribution is -2.30. The zero-order chi connectivity index (χ0) is 84.8. The lowest BCUT2D eigenvalue weighted by molar-refractivity contribution is 0.390. The molecule has 0 radical (unpaired) electrons. The average molecular weight is 1700 g/mol. The Bertz CT molecular complexity index is 6710. The van der Waals surface area contributed by atoms with E-state index in [2.05, 4.69) is 130 Å². The summed E-state index contributed by atoms with van der Waals surface area (Å²) in [6.07, 6.45) is 3.76. The highest BCUT2D eigenvalue weighted by Crippen LogP contribution is 2.30. The zero-order valence-electron chi connectivity index (χ0n) is 66.2. The Kier molecular flexibility index (Phi) is 25.8. The minimum atomic E-state index is -0.329. The van der Waals surface area contributed by atoms with Crippen molar-refractivity contribution in [1.29, 1.82) is 0 Å². The average Bonchev–Trinajstić information content (AvgIpc) is 1.62. The number of halogens is 3. The van der Waals surface area contributed by atoms with Gasteiger partial charge in [-0.3, -0.25) is 0 Å². The highest BCUT2D eigenvalue weighted by molar-refractivity contribution is 7.99. The maximum absolute atomic E-state index is 13.1. The number of anilines is 11. The van der Waals surface area contributed by atoms with E-state index in [0.29, 0.717) is 97.9 Å². The summed E-state index contributed by atoms with van der Waals surface area (Å²) in [5, 5.41) is 92.5. The maximum Gasteiger partial charge on any atom is 0.250 e. The second kappa shape index (κ2) is 39.4. The van der Waals surface area contributed by atoms with E-state index in [9.17, 15) is 8.78 Å². The monoisotopic (exact) mass is 1690 g/mol. The normalized spacial score (nSPS) is 11.5. The van der Waals surface area contributed by atoms with Gasteiger partial charge in [0.2, 0.25) is 29.5 Å². The smallest absolute Gasteiger partial charge is 0.250 e. The summed E-state index contributed by atoms with van der Waals surface area (Å²) in [7, 11) is 4.63. The fraction of sp³-hybridized carbons (Fsp3) is 0.0930. The summed E-state index contributed by atoms with van der Waals surface area (Å²) < 4.78 is 56.6. The molecule has 0 bridgehead atoms. The molecule has 1 saturated heterocycles. The number of nitrogens with zero attached hydrogens (tertiary/aromatic N) is 25. The third-order valence-corrected chi connectivity index (χ3v) is 19.2. The van der Waals surface area contributed by atoms with Gasteiger partial charge in [0, 0.05) is 81.3 Å². The molecule has 0 spiro atoms. The number of nitrogens with one attached hydrogen (secondary N) is 5. The molecule has 0 unspecified atom stereocenters. The molecule has 12 aromatic heterocycles. The number of piperidine rings is 1. The third-order valence-electron chi connectivity index (χ3n) is 18.1. The minimum Gasteiger partial charge on any atom is -0.480 e. The van der Waals surface area contributed by atoms with Crippen molar-refractivity contribution in [2.75, 3.05) is 65.9 Å². The van der Waals surface area contributed by atoms with Gasteiger partial charge < -0.3 is 50.4 Å².